The molecule has 4 nitrogen and oxygen atoms in total. The van der Waals surface area contributed by atoms with E-state index in [-0.39, 0.29) is 5.56 Å². The smallest absolute Gasteiger partial charge is 0.262 e. The van der Waals surface area contributed by atoms with Crippen LogP contribution in [0.4, 0.5) is 0 Å². The Balaban J connectivity index is 1.79. The van der Waals surface area contributed by atoms with Gasteiger partial charge >= 0.3 is 0 Å². The highest BCUT2D eigenvalue weighted by atomic mass is 32.1. The number of rotatable bonds is 5. The first-order valence-corrected chi connectivity index (χ1v) is 8.59. The van der Waals surface area contributed by atoms with Gasteiger partial charge in [-0.1, -0.05) is 24.6 Å². The first kappa shape index (κ1) is 15.7. The Hall–Kier alpha value is -2.14. The summed E-state index contributed by atoms with van der Waals surface area (Å²) in [6, 6.07) is 9.87. The van der Waals surface area contributed by atoms with Crippen LogP contribution in [0.5, 0.6) is 5.75 Å². The zero-order valence-corrected chi connectivity index (χ0v) is 14.4. The lowest BCUT2D eigenvalue weighted by atomic mass is 10.2. The molecule has 5 heteroatoms. The third kappa shape index (κ3) is 3.29. The molecule has 0 amide bonds. The molecule has 23 heavy (non-hydrogen) atoms. The first-order chi connectivity index (χ1) is 11.1. The molecule has 0 N–H and O–H groups in total. The van der Waals surface area contributed by atoms with Crippen LogP contribution in [0, 0.1) is 13.8 Å². The number of benzene rings is 1. The van der Waals surface area contributed by atoms with Gasteiger partial charge in [0.2, 0.25) is 0 Å². The molecule has 0 unspecified atom stereocenters. The summed E-state index contributed by atoms with van der Waals surface area (Å²) in [6.45, 7) is 6.95. The highest BCUT2D eigenvalue weighted by Gasteiger charge is 2.11. The molecule has 3 rings (SSSR count). The lowest BCUT2D eigenvalue weighted by molar-refractivity contribution is 0.294. The van der Waals surface area contributed by atoms with Crippen LogP contribution in [0.1, 0.15) is 23.2 Å². The summed E-state index contributed by atoms with van der Waals surface area (Å²) in [4.78, 5) is 19.2. The van der Waals surface area contributed by atoms with E-state index in [2.05, 4.69) is 11.9 Å². The standard InChI is InChI=1S/C18H20N2O2S/c1-4-15-11-16-17(23-15)19-13(3)20(18(16)21)9-10-22-14-7-5-12(2)6-8-14/h5-8,11H,4,9-10H2,1-3H3. The van der Waals surface area contributed by atoms with Crippen LogP contribution in [-0.2, 0) is 13.0 Å². The number of aromatic nitrogens is 2. The maximum absolute atomic E-state index is 12.6. The van der Waals surface area contributed by atoms with Crippen molar-refractivity contribution in [2.75, 3.05) is 6.61 Å². The fraction of sp³-hybridized carbons (Fsp3) is 0.333. The molecule has 0 aliphatic carbocycles. The van der Waals surface area contributed by atoms with Crippen molar-refractivity contribution in [2.45, 2.75) is 33.7 Å². The fourth-order valence-corrected chi connectivity index (χ4v) is 3.50. The molecule has 1 aromatic carbocycles. The van der Waals surface area contributed by atoms with Crippen molar-refractivity contribution >= 4 is 21.6 Å². The molecule has 0 radical (unpaired) electrons. The number of fused-ring (bicyclic) bond motifs is 1. The van der Waals surface area contributed by atoms with Crippen molar-refractivity contribution in [3.8, 4) is 5.75 Å². The minimum atomic E-state index is 0.0240. The second-order valence-electron chi connectivity index (χ2n) is 5.56. The summed E-state index contributed by atoms with van der Waals surface area (Å²) in [5, 5.41) is 0.716. The maximum Gasteiger partial charge on any atom is 0.262 e. The summed E-state index contributed by atoms with van der Waals surface area (Å²) in [7, 11) is 0. The van der Waals surface area contributed by atoms with Gasteiger partial charge in [0, 0.05) is 4.88 Å². The number of nitrogens with zero attached hydrogens (tertiary/aromatic N) is 2. The molecule has 0 spiro atoms. The van der Waals surface area contributed by atoms with E-state index < -0.39 is 0 Å². The van der Waals surface area contributed by atoms with Crippen molar-refractivity contribution in [3.63, 3.8) is 0 Å². The summed E-state index contributed by atoms with van der Waals surface area (Å²) in [5.74, 6) is 1.55. The second kappa shape index (κ2) is 6.54. The van der Waals surface area contributed by atoms with E-state index in [0.29, 0.717) is 18.5 Å². The third-order valence-corrected chi connectivity index (χ3v) is 5.02. The zero-order valence-electron chi connectivity index (χ0n) is 13.6. The van der Waals surface area contributed by atoms with Crippen molar-refractivity contribution < 1.29 is 4.74 Å². The van der Waals surface area contributed by atoms with E-state index in [9.17, 15) is 4.79 Å². The van der Waals surface area contributed by atoms with E-state index >= 15 is 0 Å². The predicted octanol–water partition coefficient (Wildman–Crippen LogP) is 3.72. The van der Waals surface area contributed by atoms with Crippen LogP contribution in [-0.4, -0.2) is 16.2 Å². The molecule has 0 saturated heterocycles. The fourth-order valence-electron chi connectivity index (χ4n) is 2.49. The Bertz CT molecular complexity index is 878. The number of aryl methyl sites for hydroxylation is 3. The Morgan fingerprint density at radius 1 is 1.22 bits per heavy atom. The molecule has 0 aliphatic heterocycles. The van der Waals surface area contributed by atoms with Gasteiger partial charge in [-0.3, -0.25) is 9.36 Å². The molecule has 0 bridgehead atoms. The largest absolute Gasteiger partial charge is 0.492 e. The van der Waals surface area contributed by atoms with E-state index in [4.69, 9.17) is 4.74 Å². The van der Waals surface area contributed by atoms with Crippen molar-refractivity contribution in [3.05, 3.63) is 57.0 Å². The van der Waals surface area contributed by atoms with Crippen LogP contribution in [0.2, 0.25) is 0 Å². The molecule has 0 atom stereocenters. The lowest BCUT2D eigenvalue weighted by Crippen LogP contribution is -2.26. The van der Waals surface area contributed by atoms with Crippen molar-refractivity contribution in [1.82, 2.24) is 9.55 Å². The normalized spacial score (nSPS) is 11.1. The molecular weight excluding hydrogens is 308 g/mol. The van der Waals surface area contributed by atoms with Gasteiger partial charge in [-0.25, -0.2) is 4.98 Å². The van der Waals surface area contributed by atoms with Gasteiger partial charge in [-0.05, 0) is 38.5 Å². The average Bonchev–Trinajstić information content (AvgIpc) is 2.95. The van der Waals surface area contributed by atoms with Crippen molar-refractivity contribution in [1.29, 1.82) is 0 Å². The molecule has 3 aromatic rings. The van der Waals surface area contributed by atoms with Gasteiger partial charge in [-0.15, -0.1) is 11.3 Å². The molecular formula is C18H20N2O2S. The molecule has 0 aliphatic rings. The SMILES string of the molecule is CCc1cc2c(=O)n(CCOc3ccc(C)cc3)c(C)nc2s1. The summed E-state index contributed by atoms with van der Waals surface area (Å²) >= 11 is 1.60. The van der Waals surface area contributed by atoms with Crippen molar-refractivity contribution in [2.24, 2.45) is 0 Å². The first-order valence-electron chi connectivity index (χ1n) is 7.78. The minimum absolute atomic E-state index is 0.0240. The third-order valence-electron chi connectivity index (χ3n) is 3.85. The molecule has 0 fully saturated rings. The highest BCUT2D eigenvalue weighted by Crippen LogP contribution is 2.22. The van der Waals surface area contributed by atoms with Gasteiger partial charge < -0.3 is 4.74 Å². The van der Waals surface area contributed by atoms with E-state index in [0.717, 1.165) is 22.8 Å². The summed E-state index contributed by atoms with van der Waals surface area (Å²) < 4.78 is 7.43. The predicted molar refractivity (Wildman–Crippen MR) is 94.7 cm³/mol. The highest BCUT2D eigenvalue weighted by molar-refractivity contribution is 7.18. The number of hydrogen-bond donors (Lipinski definition) is 0. The van der Waals surface area contributed by atoms with Crippen LogP contribution >= 0.6 is 11.3 Å². The van der Waals surface area contributed by atoms with E-state index in [1.165, 1.54) is 10.4 Å². The minimum Gasteiger partial charge on any atom is -0.492 e. The topological polar surface area (TPSA) is 44.1 Å². The summed E-state index contributed by atoms with van der Waals surface area (Å²) in [6.07, 6.45) is 0.927. The van der Waals surface area contributed by atoms with Gasteiger partial charge in [0.1, 0.15) is 23.0 Å². The molecule has 2 aromatic heterocycles. The van der Waals surface area contributed by atoms with Crippen LogP contribution in [0.15, 0.2) is 35.1 Å². The van der Waals surface area contributed by atoms with E-state index in [1.807, 2.05) is 44.2 Å². The quantitative estimate of drug-likeness (QED) is 0.717. The molecule has 2 heterocycles. The van der Waals surface area contributed by atoms with E-state index in [1.54, 1.807) is 15.9 Å². The number of ether oxygens (including phenoxy) is 1. The van der Waals surface area contributed by atoms with Crippen LogP contribution < -0.4 is 10.3 Å². The Labute approximate surface area is 139 Å². The van der Waals surface area contributed by atoms with Crippen LogP contribution in [0.25, 0.3) is 10.2 Å². The van der Waals surface area contributed by atoms with Gasteiger partial charge in [0.15, 0.2) is 0 Å². The number of thiophene rings is 1. The number of hydrogen-bond acceptors (Lipinski definition) is 4. The Morgan fingerprint density at radius 2 is 1.96 bits per heavy atom. The summed E-state index contributed by atoms with van der Waals surface area (Å²) in [5.41, 5.74) is 1.22. The van der Waals surface area contributed by atoms with Gasteiger partial charge in [-0.2, -0.15) is 0 Å². The molecule has 0 saturated carbocycles. The monoisotopic (exact) mass is 328 g/mol. The maximum atomic E-state index is 12.6. The second-order valence-corrected chi connectivity index (χ2v) is 6.68. The Kier molecular flexibility index (Phi) is 4.48. The molecule has 120 valence electrons. The van der Waals surface area contributed by atoms with Crippen LogP contribution in [0.3, 0.4) is 0 Å². The Morgan fingerprint density at radius 3 is 2.65 bits per heavy atom. The average molecular weight is 328 g/mol. The zero-order chi connectivity index (χ0) is 16.4. The van der Waals surface area contributed by atoms with Gasteiger partial charge in [0.25, 0.3) is 5.56 Å². The van der Waals surface area contributed by atoms with Gasteiger partial charge in [0.05, 0.1) is 11.9 Å². The lowest BCUT2D eigenvalue weighted by Gasteiger charge is -2.11.